The summed E-state index contributed by atoms with van der Waals surface area (Å²) in [7, 11) is 0. The molecule has 2 aromatic carbocycles. The zero-order valence-electron chi connectivity index (χ0n) is 15.2. The zero-order valence-corrected chi connectivity index (χ0v) is 15.2. The van der Waals surface area contributed by atoms with Crippen LogP contribution in [0.25, 0.3) is 11.0 Å². The predicted molar refractivity (Wildman–Crippen MR) is 111 cm³/mol. The fourth-order valence-corrected chi connectivity index (χ4v) is 2.87. The van der Waals surface area contributed by atoms with Crippen molar-refractivity contribution in [2.24, 2.45) is 0 Å². The van der Waals surface area contributed by atoms with Crippen molar-refractivity contribution in [3.8, 4) is 0 Å². The lowest BCUT2D eigenvalue weighted by Gasteiger charge is -2.10. The Kier molecular flexibility index (Phi) is 4.60. The fourth-order valence-electron chi connectivity index (χ4n) is 2.87. The SMILES string of the molecule is Cc1ccc(C(=O)Nc2ccc(Nc3ccnc4[nH]c(=O)ccc34)cc2)cc1. The van der Waals surface area contributed by atoms with E-state index in [2.05, 4.69) is 20.6 Å². The third kappa shape index (κ3) is 3.76. The van der Waals surface area contributed by atoms with Gasteiger partial charge in [-0.25, -0.2) is 4.98 Å². The van der Waals surface area contributed by atoms with Gasteiger partial charge in [0.05, 0.1) is 5.69 Å². The number of nitrogens with zero attached hydrogens (tertiary/aromatic N) is 1. The smallest absolute Gasteiger partial charge is 0.255 e. The minimum Gasteiger partial charge on any atom is -0.355 e. The highest BCUT2D eigenvalue weighted by molar-refractivity contribution is 6.04. The van der Waals surface area contributed by atoms with E-state index in [-0.39, 0.29) is 11.5 Å². The summed E-state index contributed by atoms with van der Waals surface area (Å²) in [5.74, 6) is -0.148. The van der Waals surface area contributed by atoms with E-state index < -0.39 is 0 Å². The normalized spacial score (nSPS) is 10.6. The number of amides is 1. The summed E-state index contributed by atoms with van der Waals surface area (Å²) in [6.07, 6.45) is 1.64. The average Bonchev–Trinajstić information content (AvgIpc) is 2.70. The molecule has 0 aliphatic heterocycles. The van der Waals surface area contributed by atoms with Crippen LogP contribution in [0.15, 0.2) is 77.7 Å². The molecular weight excluding hydrogens is 352 g/mol. The third-order valence-electron chi connectivity index (χ3n) is 4.37. The molecule has 6 nitrogen and oxygen atoms in total. The second-order valence-electron chi connectivity index (χ2n) is 6.47. The van der Waals surface area contributed by atoms with Crippen LogP contribution < -0.4 is 16.2 Å². The Balaban J connectivity index is 1.50. The zero-order chi connectivity index (χ0) is 19.5. The van der Waals surface area contributed by atoms with E-state index >= 15 is 0 Å². The van der Waals surface area contributed by atoms with Gasteiger partial charge < -0.3 is 15.6 Å². The van der Waals surface area contributed by atoms with E-state index in [9.17, 15) is 9.59 Å². The first-order valence-corrected chi connectivity index (χ1v) is 8.82. The van der Waals surface area contributed by atoms with E-state index in [1.54, 1.807) is 24.4 Å². The molecule has 0 saturated heterocycles. The van der Waals surface area contributed by atoms with E-state index in [0.29, 0.717) is 16.9 Å². The number of hydrogen-bond acceptors (Lipinski definition) is 4. The molecule has 0 fully saturated rings. The summed E-state index contributed by atoms with van der Waals surface area (Å²) >= 11 is 0. The number of aryl methyl sites for hydroxylation is 1. The Labute approximate surface area is 161 Å². The first kappa shape index (κ1) is 17.5. The lowest BCUT2D eigenvalue weighted by molar-refractivity contribution is 0.102. The highest BCUT2D eigenvalue weighted by Crippen LogP contribution is 2.24. The number of nitrogens with one attached hydrogen (secondary N) is 3. The Hall–Kier alpha value is -3.93. The molecule has 2 aromatic heterocycles. The predicted octanol–water partition coefficient (Wildman–Crippen LogP) is 4.23. The van der Waals surface area contributed by atoms with Gasteiger partial charge in [-0.3, -0.25) is 9.59 Å². The van der Waals surface area contributed by atoms with Gasteiger partial charge in [0, 0.05) is 34.6 Å². The second-order valence-corrected chi connectivity index (χ2v) is 6.47. The van der Waals surface area contributed by atoms with Crippen molar-refractivity contribution in [1.29, 1.82) is 0 Å². The Morgan fingerprint density at radius 1 is 0.893 bits per heavy atom. The summed E-state index contributed by atoms with van der Waals surface area (Å²) in [5, 5.41) is 7.02. The number of H-pyrrole nitrogens is 1. The molecule has 0 saturated carbocycles. The Morgan fingerprint density at radius 3 is 2.36 bits per heavy atom. The van der Waals surface area contributed by atoms with Gasteiger partial charge in [0.2, 0.25) is 5.56 Å². The summed E-state index contributed by atoms with van der Waals surface area (Å²) in [5.41, 5.74) is 4.46. The summed E-state index contributed by atoms with van der Waals surface area (Å²) < 4.78 is 0. The van der Waals surface area contributed by atoms with Gasteiger partial charge in [-0.15, -0.1) is 0 Å². The highest BCUT2D eigenvalue weighted by Gasteiger charge is 2.07. The molecule has 0 spiro atoms. The molecule has 2 heterocycles. The first-order chi connectivity index (χ1) is 13.6. The van der Waals surface area contributed by atoms with Crippen LogP contribution >= 0.6 is 0 Å². The molecule has 6 heteroatoms. The van der Waals surface area contributed by atoms with Crippen molar-refractivity contribution in [2.75, 3.05) is 10.6 Å². The summed E-state index contributed by atoms with van der Waals surface area (Å²) in [6, 6.07) is 19.9. The van der Waals surface area contributed by atoms with Gasteiger partial charge in [-0.2, -0.15) is 0 Å². The number of carbonyl (C=O) groups excluding carboxylic acids is 1. The van der Waals surface area contributed by atoms with Crippen molar-refractivity contribution >= 4 is 34.0 Å². The molecular formula is C22H18N4O2. The maximum atomic E-state index is 12.3. The largest absolute Gasteiger partial charge is 0.355 e. The number of rotatable bonds is 4. The maximum Gasteiger partial charge on any atom is 0.255 e. The van der Waals surface area contributed by atoms with Crippen molar-refractivity contribution in [3.05, 3.63) is 94.4 Å². The molecule has 1 amide bonds. The first-order valence-electron chi connectivity index (χ1n) is 8.82. The van der Waals surface area contributed by atoms with Gasteiger partial charge in [-0.05, 0) is 55.5 Å². The Morgan fingerprint density at radius 2 is 1.61 bits per heavy atom. The van der Waals surface area contributed by atoms with E-state index in [0.717, 1.165) is 22.3 Å². The average molecular weight is 370 g/mol. The monoisotopic (exact) mass is 370 g/mol. The molecule has 0 unspecified atom stereocenters. The maximum absolute atomic E-state index is 12.3. The van der Waals surface area contributed by atoms with Crippen LogP contribution in [0.4, 0.5) is 17.1 Å². The standard InChI is InChI=1S/C22H18N4O2/c1-14-2-4-15(5-3-14)22(28)25-17-8-6-16(7-9-17)24-19-12-13-23-21-18(19)10-11-20(27)26-21/h2-13H,1H3,(H,25,28)(H2,23,24,26,27). The third-order valence-corrected chi connectivity index (χ3v) is 4.37. The number of aromatic amines is 1. The molecule has 0 aliphatic rings. The number of hydrogen-bond donors (Lipinski definition) is 3. The van der Waals surface area contributed by atoms with E-state index in [1.807, 2.05) is 49.4 Å². The van der Waals surface area contributed by atoms with Gasteiger partial charge in [-0.1, -0.05) is 17.7 Å². The molecule has 4 aromatic rings. The number of aromatic nitrogens is 2. The minimum atomic E-state index is -0.189. The molecule has 0 aliphatic carbocycles. The van der Waals surface area contributed by atoms with Crippen molar-refractivity contribution in [1.82, 2.24) is 9.97 Å². The van der Waals surface area contributed by atoms with Crippen molar-refractivity contribution < 1.29 is 4.79 Å². The van der Waals surface area contributed by atoms with Crippen molar-refractivity contribution in [2.45, 2.75) is 6.92 Å². The summed E-state index contributed by atoms with van der Waals surface area (Å²) in [6.45, 7) is 1.98. The molecule has 138 valence electrons. The molecule has 0 bridgehead atoms. The lowest BCUT2D eigenvalue weighted by Crippen LogP contribution is -2.11. The molecule has 0 atom stereocenters. The quantitative estimate of drug-likeness (QED) is 0.502. The Bertz CT molecular complexity index is 1200. The van der Waals surface area contributed by atoms with Crippen LogP contribution in [0.3, 0.4) is 0 Å². The molecule has 4 rings (SSSR count). The number of anilines is 3. The van der Waals surface area contributed by atoms with Crippen LogP contribution in [0.5, 0.6) is 0 Å². The summed E-state index contributed by atoms with van der Waals surface area (Å²) in [4.78, 5) is 30.7. The van der Waals surface area contributed by atoms with Crippen LogP contribution in [0.2, 0.25) is 0 Å². The van der Waals surface area contributed by atoms with Gasteiger partial charge in [0.15, 0.2) is 0 Å². The minimum absolute atomic E-state index is 0.148. The van der Waals surface area contributed by atoms with Crippen LogP contribution in [0, 0.1) is 6.92 Å². The highest BCUT2D eigenvalue weighted by atomic mass is 16.1. The second kappa shape index (κ2) is 7.36. The lowest BCUT2D eigenvalue weighted by atomic mass is 10.1. The molecule has 0 radical (unpaired) electrons. The van der Waals surface area contributed by atoms with Crippen LogP contribution in [0.1, 0.15) is 15.9 Å². The van der Waals surface area contributed by atoms with E-state index in [4.69, 9.17) is 0 Å². The van der Waals surface area contributed by atoms with E-state index in [1.165, 1.54) is 6.07 Å². The molecule has 3 N–H and O–H groups in total. The van der Waals surface area contributed by atoms with Gasteiger partial charge in [0.25, 0.3) is 5.91 Å². The van der Waals surface area contributed by atoms with Crippen molar-refractivity contribution in [3.63, 3.8) is 0 Å². The van der Waals surface area contributed by atoms with Crippen LogP contribution in [-0.4, -0.2) is 15.9 Å². The number of carbonyl (C=O) groups is 1. The molecule has 28 heavy (non-hydrogen) atoms. The van der Waals surface area contributed by atoms with Gasteiger partial charge in [0.1, 0.15) is 5.65 Å². The van der Waals surface area contributed by atoms with Gasteiger partial charge >= 0.3 is 0 Å². The number of fused-ring (bicyclic) bond motifs is 1. The number of benzene rings is 2. The number of pyridine rings is 2. The topological polar surface area (TPSA) is 86.9 Å². The van der Waals surface area contributed by atoms with Crippen LogP contribution in [-0.2, 0) is 0 Å². The fraction of sp³-hybridized carbons (Fsp3) is 0.0455.